The minimum absolute atomic E-state index is 0.274. The van der Waals surface area contributed by atoms with E-state index >= 15 is 0 Å². The average Bonchev–Trinajstić information content (AvgIpc) is 2.61. The molecule has 2 aromatic rings. The molecule has 0 atom stereocenters. The summed E-state index contributed by atoms with van der Waals surface area (Å²) in [4.78, 5) is 0.274. The van der Waals surface area contributed by atoms with Gasteiger partial charge < -0.3 is 9.47 Å². The summed E-state index contributed by atoms with van der Waals surface area (Å²) in [7, 11) is 1.19. The molecule has 0 aromatic heterocycles. The number of ether oxygens (including phenoxy) is 2. The molecule has 130 valence electrons. The number of nitrogens with zero attached hydrogens (tertiary/aromatic N) is 1. The van der Waals surface area contributed by atoms with Gasteiger partial charge >= 0.3 is 0 Å². The van der Waals surface area contributed by atoms with Gasteiger partial charge in [-0.15, -0.1) is 0 Å². The Bertz CT molecular complexity index is 785. The van der Waals surface area contributed by atoms with Gasteiger partial charge in [0.25, 0.3) is 0 Å². The first-order valence-electron chi connectivity index (χ1n) is 7.68. The van der Waals surface area contributed by atoms with Crippen LogP contribution in [0.25, 0.3) is 0 Å². The van der Waals surface area contributed by atoms with Gasteiger partial charge in [-0.1, -0.05) is 19.1 Å². The lowest BCUT2D eigenvalue weighted by atomic mass is 10.1. The maximum absolute atomic E-state index is 12.8. The van der Waals surface area contributed by atoms with Crippen LogP contribution in [0, 0.1) is 0 Å². The van der Waals surface area contributed by atoms with E-state index in [1.54, 1.807) is 39.5 Å². The minimum atomic E-state index is -3.56. The Hall–Kier alpha value is -2.05. The van der Waals surface area contributed by atoms with Crippen LogP contribution in [0.3, 0.4) is 0 Å². The van der Waals surface area contributed by atoms with Crippen molar-refractivity contribution in [1.82, 2.24) is 4.31 Å². The Labute approximate surface area is 143 Å². The van der Waals surface area contributed by atoms with Crippen LogP contribution in [0.1, 0.15) is 18.1 Å². The zero-order chi connectivity index (χ0) is 17.7. The summed E-state index contributed by atoms with van der Waals surface area (Å²) in [6.45, 7) is 2.26. The van der Waals surface area contributed by atoms with Crippen molar-refractivity contribution in [2.75, 3.05) is 21.3 Å². The highest BCUT2D eigenvalue weighted by molar-refractivity contribution is 7.89. The fourth-order valence-corrected chi connectivity index (χ4v) is 3.65. The smallest absolute Gasteiger partial charge is 0.243 e. The Morgan fingerprint density at radius 1 is 1.00 bits per heavy atom. The van der Waals surface area contributed by atoms with Crippen LogP contribution in [0.4, 0.5) is 0 Å². The molecule has 0 aliphatic rings. The largest absolute Gasteiger partial charge is 0.497 e. The second kappa shape index (κ2) is 7.68. The molecule has 0 fully saturated rings. The molecule has 0 bridgehead atoms. The summed E-state index contributed by atoms with van der Waals surface area (Å²) < 4.78 is 37.3. The first-order valence-corrected chi connectivity index (χ1v) is 9.12. The van der Waals surface area contributed by atoms with Crippen molar-refractivity contribution in [3.63, 3.8) is 0 Å². The van der Waals surface area contributed by atoms with Crippen molar-refractivity contribution in [3.8, 4) is 11.5 Å². The molecule has 0 saturated heterocycles. The SMILES string of the molecule is CCc1cc(S(=O)(=O)N(C)Cc2ccc(OC)cc2)ccc1OC. The number of hydrogen-bond donors (Lipinski definition) is 0. The van der Waals surface area contributed by atoms with Gasteiger partial charge in [-0.2, -0.15) is 4.31 Å². The van der Waals surface area contributed by atoms with E-state index in [0.29, 0.717) is 18.7 Å². The molecule has 0 radical (unpaired) electrons. The van der Waals surface area contributed by atoms with Crippen LogP contribution in [0.5, 0.6) is 11.5 Å². The summed E-state index contributed by atoms with van der Waals surface area (Å²) in [5, 5.41) is 0. The Morgan fingerprint density at radius 3 is 2.21 bits per heavy atom. The summed E-state index contributed by atoms with van der Waals surface area (Å²) in [5.74, 6) is 1.45. The normalized spacial score (nSPS) is 11.5. The van der Waals surface area contributed by atoms with Gasteiger partial charge in [0, 0.05) is 13.6 Å². The number of aryl methyl sites for hydroxylation is 1. The summed E-state index contributed by atoms with van der Waals surface area (Å²) in [6, 6.07) is 12.3. The third-order valence-corrected chi connectivity index (χ3v) is 5.70. The van der Waals surface area contributed by atoms with Crippen molar-refractivity contribution in [2.24, 2.45) is 0 Å². The zero-order valence-corrected chi connectivity index (χ0v) is 15.3. The number of methoxy groups -OCH3 is 2. The predicted molar refractivity (Wildman–Crippen MR) is 94.0 cm³/mol. The van der Waals surface area contributed by atoms with E-state index in [4.69, 9.17) is 9.47 Å². The lowest BCUT2D eigenvalue weighted by Gasteiger charge is -2.18. The Kier molecular flexibility index (Phi) is 5.85. The van der Waals surface area contributed by atoms with Crippen molar-refractivity contribution < 1.29 is 17.9 Å². The molecular weight excluding hydrogens is 326 g/mol. The van der Waals surface area contributed by atoms with Crippen LogP contribution in [-0.2, 0) is 23.0 Å². The molecule has 0 saturated carbocycles. The van der Waals surface area contributed by atoms with Crippen LogP contribution < -0.4 is 9.47 Å². The molecule has 0 N–H and O–H groups in total. The van der Waals surface area contributed by atoms with Gasteiger partial charge in [-0.3, -0.25) is 0 Å². The highest BCUT2D eigenvalue weighted by atomic mass is 32.2. The molecule has 0 unspecified atom stereocenters. The van der Waals surface area contributed by atoms with Gasteiger partial charge in [0.05, 0.1) is 19.1 Å². The fourth-order valence-electron chi connectivity index (χ4n) is 2.44. The second-order valence-corrected chi connectivity index (χ2v) is 7.48. The quantitative estimate of drug-likeness (QED) is 0.771. The topological polar surface area (TPSA) is 55.8 Å². The first-order chi connectivity index (χ1) is 11.4. The molecule has 5 nitrogen and oxygen atoms in total. The maximum atomic E-state index is 12.8. The number of sulfonamides is 1. The molecule has 2 aromatic carbocycles. The van der Waals surface area contributed by atoms with E-state index in [1.165, 1.54) is 4.31 Å². The highest BCUT2D eigenvalue weighted by Gasteiger charge is 2.22. The van der Waals surface area contributed by atoms with E-state index < -0.39 is 10.0 Å². The van der Waals surface area contributed by atoms with Crippen molar-refractivity contribution >= 4 is 10.0 Å². The average molecular weight is 349 g/mol. The molecule has 0 heterocycles. The molecule has 0 aliphatic carbocycles. The maximum Gasteiger partial charge on any atom is 0.243 e. The summed E-state index contributed by atoms with van der Waals surface area (Å²) in [6.07, 6.45) is 0.703. The second-order valence-electron chi connectivity index (χ2n) is 5.44. The third-order valence-electron chi connectivity index (χ3n) is 3.91. The molecule has 2 rings (SSSR count). The predicted octanol–water partition coefficient (Wildman–Crippen LogP) is 3.09. The van der Waals surface area contributed by atoms with Gasteiger partial charge in [0.2, 0.25) is 10.0 Å². The van der Waals surface area contributed by atoms with E-state index in [-0.39, 0.29) is 4.90 Å². The molecule has 0 amide bonds. The van der Waals surface area contributed by atoms with E-state index in [1.807, 2.05) is 31.2 Å². The van der Waals surface area contributed by atoms with Gasteiger partial charge in [-0.05, 0) is 47.9 Å². The Balaban J connectivity index is 2.25. The van der Waals surface area contributed by atoms with E-state index in [9.17, 15) is 8.42 Å². The monoisotopic (exact) mass is 349 g/mol. The zero-order valence-electron chi connectivity index (χ0n) is 14.4. The van der Waals surface area contributed by atoms with Crippen LogP contribution in [-0.4, -0.2) is 34.0 Å². The Morgan fingerprint density at radius 2 is 1.67 bits per heavy atom. The molecule has 0 aliphatic heterocycles. The number of hydrogen-bond acceptors (Lipinski definition) is 4. The number of rotatable bonds is 7. The van der Waals surface area contributed by atoms with Crippen LogP contribution in [0.2, 0.25) is 0 Å². The lowest BCUT2D eigenvalue weighted by Crippen LogP contribution is -2.26. The van der Waals surface area contributed by atoms with Crippen molar-refractivity contribution in [2.45, 2.75) is 24.8 Å². The molecule has 6 heteroatoms. The van der Waals surface area contributed by atoms with Gasteiger partial charge in [0.1, 0.15) is 11.5 Å². The first kappa shape index (κ1) is 18.3. The van der Waals surface area contributed by atoms with Crippen molar-refractivity contribution in [3.05, 3.63) is 53.6 Å². The summed E-state index contributed by atoms with van der Waals surface area (Å²) >= 11 is 0. The van der Waals surface area contributed by atoms with Crippen LogP contribution >= 0.6 is 0 Å². The van der Waals surface area contributed by atoms with Gasteiger partial charge in [-0.25, -0.2) is 8.42 Å². The molecular formula is C18H23NO4S. The van der Waals surface area contributed by atoms with Crippen molar-refractivity contribution in [1.29, 1.82) is 0 Å². The number of benzene rings is 2. The van der Waals surface area contributed by atoms with Gasteiger partial charge in [0.15, 0.2) is 0 Å². The molecule has 0 spiro atoms. The third kappa shape index (κ3) is 3.88. The highest BCUT2D eigenvalue weighted by Crippen LogP contribution is 2.25. The standard InChI is InChI=1S/C18H23NO4S/c1-5-15-12-17(10-11-18(15)23-4)24(20,21)19(2)13-14-6-8-16(22-3)9-7-14/h6-12H,5,13H2,1-4H3. The lowest BCUT2D eigenvalue weighted by molar-refractivity contribution is 0.409. The molecule has 24 heavy (non-hydrogen) atoms. The van der Waals surface area contributed by atoms with E-state index in [2.05, 4.69) is 0 Å². The summed E-state index contributed by atoms with van der Waals surface area (Å²) in [5.41, 5.74) is 1.77. The van der Waals surface area contributed by atoms with E-state index in [0.717, 1.165) is 16.9 Å². The van der Waals surface area contributed by atoms with Crippen LogP contribution in [0.15, 0.2) is 47.4 Å². The fraction of sp³-hybridized carbons (Fsp3) is 0.333. The minimum Gasteiger partial charge on any atom is -0.497 e.